The predicted octanol–water partition coefficient (Wildman–Crippen LogP) is 3.79. The molecule has 9 heteroatoms. The quantitative estimate of drug-likeness (QED) is 0.688. The lowest BCUT2D eigenvalue weighted by Gasteiger charge is -2.14. The molecule has 2 rings (SSSR count). The van der Waals surface area contributed by atoms with Gasteiger partial charge in [-0.2, -0.15) is 0 Å². The van der Waals surface area contributed by atoms with Crippen LogP contribution in [0.25, 0.3) is 0 Å². The highest BCUT2D eigenvalue weighted by Crippen LogP contribution is 2.28. The second kappa shape index (κ2) is 9.59. The van der Waals surface area contributed by atoms with Gasteiger partial charge in [-0.05, 0) is 43.7 Å². The molecule has 2 aromatic carbocycles. The van der Waals surface area contributed by atoms with Gasteiger partial charge in [0.15, 0.2) is 0 Å². The minimum atomic E-state index is -3.83. The molecule has 27 heavy (non-hydrogen) atoms. The maximum absolute atomic E-state index is 12.6. The Balaban J connectivity index is 2.24. The summed E-state index contributed by atoms with van der Waals surface area (Å²) in [6, 6.07) is 11.1. The van der Waals surface area contributed by atoms with Crippen LogP contribution in [0.3, 0.4) is 0 Å². The summed E-state index contributed by atoms with van der Waals surface area (Å²) in [5.41, 5.74) is 0.856. The van der Waals surface area contributed by atoms with Gasteiger partial charge >= 0.3 is 6.09 Å². The number of ether oxygens (including phenoxy) is 2. The molecular formula is C18H21ClN2O5S. The maximum atomic E-state index is 12.6. The third-order valence-corrected chi connectivity index (χ3v) is 5.25. The highest BCUT2D eigenvalue weighted by atomic mass is 35.5. The Morgan fingerprint density at radius 1 is 1.11 bits per heavy atom. The van der Waals surface area contributed by atoms with Crippen LogP contribution in [0.5, 0.6) is 5.75 Å². The third kappa shape index (κ3) is 5.85. The first-order chi connectivity index (χ1) is 12.9. The van der Waals surface area contributed by atoms with Crippen LogP contribution in [0.4, 0.5) is 10.5 Å². The van der Waals surface area contributed by atoms with Crippen molar-refractivity contribution in [1.29, 1.82) is 0 Å². The standard InChI is InChI=1S/C18H21ClN2O5S/c1-3-25-17-10-9-14(11-16(17)21-18(22)26-4-2)27(23,24)20-12-13-7-5-6-8-15(13)19/h5-11,20H,3-4,12H2,1-2H3,(H,21,22). The van der Waals surface area contributed by atoms with Crippen LogP contribution in [0.1, 0.15) is 19.4 Å². The summed E-state index contributed by atoms with van der Waals surface area (Å²) in [4.78, 5) is 11.7. The molecule has 0 saturated heterocycles. The Bertz CT molecular complexity index is 902. The average molecular weight is 413 g/mol. The third-order valence-electron chi connectivity index (χ3n) is 3.48. The van der Waals surface area contributed by atoms with E-state index in [2.05, 4.69) is 10.0 Å². The number of hydrogen-bond donors (Lipinski definition) is 2. The monoisotopic (exact) mass is 412 g/mol. The van der Waals surface area contributed by atoms with Crippen LogP contribution in [0, 0.1) is 0 Å². The van der Waals surface area contributed by atoms with Gasteiger partial charge in [-0.15, -0.1) is 0 Å². The Kier molecular flexibility index (Phi) is 7.46. The summed E-state index contributed by atoms with van der Waals surface area (Å²) < 4.78 is 38.0. The van der Waals surface area contributed by atoms with E-state index in [0.29, 0.717) is 22.9 Å². The molecule has 2 N–H and O–H groups in total. The molecule has 7 nitrogen and oxygen atoms in total. The number of amides is 1. The van der Waals surface area contributed by atoms with Gasteiger partial charge in [0.05, 0.1) is 23.8 Å². The molecule has 146 valence electrons. The van der Waals surface area contributed by atoms with Crippen LogP contribution in [-0.2, 0) is 21.3 Å². The largest absolute Gasteiger partial charge is 0.492 e. The van der Waals surface area contributed by atoms with Crippen molar-refractivity contribution in [2.24, 2.45) is 0 Å². The Hall–Kier alpha value is -2.29. The topological polar surface area (TPSA) is 93.7 Å². The van der Waals surface area contributed by atoms with E-state index in [0.717, 1.165) is 0 Å². The van der Waals surface area contributed by atoms with Crippen molar-refractivity contribution in [3.05, 3.63) is 53.1 Å². The summed E-state index contributed by atoms with van der Waals surface area (Å²) in [5, 5.41) is 2.96. The number of sulfonamides is 1. The SMILES string of the molecule is CCOC(=O)Nc1cc(S(=O)(=O)NCc2ccccc2Cl)ccc1OCC. The van der Waals surface area contributed by atoms with Crippen LogP contribution in [0.2, 0.25) is 5.02 Å². The second-order valence-corrected chi connectivity index (χ2v) is 7.53. The zero-order valence-corrected chi connectivity index (χ0v) is 16.6. The fraction of sp³-hybridized carbons (Fsp3) is 0.278. The normalized spacial score (nSPS) is 11.1. The van der Waals surface area contributed by atoms with E-state index in [-0.39, 0.29) is 23.7 Å². The summed E-state index contributed by atoms with van der Waals surface area (Å²) in [7, 11) is -3.83. The lowest BCUT2D eigenvalue weighted by atomic mass is 10.2. The highest BCUT2D eigenvalue weighted by molar-refractivity contribution is 7.89. The first-order valence-electron chi connectivity index (χ1n) is 8.31. The zero-order valence-electron chi connectivity index (χ0n) is 15.0. The smallest absolute Gasteiger partial charge is 0.411 e. The van der Waals surface area contributed by atoms with Gasteiger partial charge in [-0.3, -0.25) is 5.32 Å². The molecule has 2 aromatic rings. The van der Waals surface area contributed by atoms with Crippen LogP contribution in [-0.4, -0.2) is 27.7 Å². The van der Waals surface area contributed by atoms with Crippen molar-refractivity contribution < 1.29 is 22.7 Å². The van der Waals surface area contributed by atoms with Crippen LogP contribution < -0.4 is 14.8 Å². The van der Waals surface area contributed by atoms with Gasteiger partial charge in [-0.25, -0.2) is 17.9 Å². The van der Waals surface area contributed by atoms with Crippen molar-refractivity contribution in [3.63, 3.8) is 0 Å². The first kappa shape index (κ1) is 21.0. The van der Waals surface area contributed by atoms with Gasteiger partial charge in [0, 0.05) is 11.6 Å². The summed E-state index contributed by atoms with van der Waals surface area (Å²) in [5.74, 6) is 0.343. The molecule has 1 amide bonds. The number of anilines is 1. The van der Waals surface area contributed by atoms with E-state index in [1.807, 2.05) is 0 Å². The molecule has 0 aliphatic carbocycles. The van der Waals surface area contributed by atoms with E-state index in [1.165, 1.54) is 18.2 Å². The van der Waals surface area contributed by atoms with Crippen LogP contribution in [0.15, 0.2) is 47.4 Å². The fourth-order valence-electron chi connectivity index (χ4n) is 2.23. The molecule has 0 bridgehead atoms. The number of halogens is 1. The molecule has 0 atom stereocenters. The summed E-state index contributed by atoms with van der Waals surface area (Å²) >= 11 is 6.05. The van der Waals surface area contributed by atoms with E-state index >= 15 is 0 Å². The van der Waals surface area contributed by atoms with Gasteiger partial charge in [-0.1, -0.05) is 29.8 Å². The molecule has 0 spiro atoms. The molecular weight excluding hydrogens is 392 g/mol. The molecule has 0 aliphatic heterocycles. The van der Waals surface area contributed by atoms with Gasteiger partial charge in [0.25, 0.3) is 0 Å². The Morgan fingerprint density at radius 2 is 1.85 bits per heavy atom. The first-order valence-corrected chi connectivity index (χ1v) is 10.2. The fourth-order valence-corrected chi connectivity index (χ4v) is 3.47. The lowest BCUT2D eigenvalue weighted by molar-refractivity contribution is 0.167. The minimum absolute atomic E-state index is 0.0233. The van der Waals surface area contributed by atoms with E-state index < -0.39 is 16.1 Å². The Morgan fingerprint density at radius 3 is 2.52 bits per heavy atom. The van der Waals surface area contributed by atoms with E-state index in [4.69, 9.17) is 21.1 Å². The molecule has 0 unspecified atom stereocenters. The van der Waals surface area contributed by atoms with Crippen molar-refractivity contribution in [2.75, 3.05) is 18.5 Å². The zero-order chi connectivity index (χ0) is 19.9. The minimum Gasteiger partial charge on any atom is -0.492 e. The average Bonchev–Trinajstić information content (AvgIpc) is 2.63. The molecule has 0 radical (unpaired) electrons. The van der Waals surface area contributed by atoms with Gasteiger partial charge in [0.1, 0.15) is 5.75 Å². The van der Waals surface area contributed by atoms with Crippen molar-refractivity contribution >= 4 is 33.4 Å². The number of rotatable bonds is 8. The van der Waals surface area contributed by atoms with Crippen molar-refractivity contribution in [2.45, 2.75) is 25.3 Å². The lowest BCUT2D eigenvalue weighted by Crippen LogP contribution is -2.24. The summed E-state index contributed by atoms with van der Waals surface area (Å²) in [6.45, 7) is 4.03. The number of hydrogen-bond acceptors (Lipinski definition) is 5. The second-order valence-electron chi connectivity index (χ2n) is 5.35. The summed E-state index contributed by atoms with van der Waals surface area (Å²) in [6.07, 6.45) is -0.697. The maximum Gasteiger partial charge on any atom is 0.411 e. The predicted molar refractivity (Wildman–Crippen MR) is 104 cm³/mol. The number of carbonyl (C=O) groups excluding carboxylic acids is 1. The number of carbonyl (C=O) groups is 1. The van der Waals surface area contributed by atoms with Gasteiger partial charge < -0.3 is 9.47 Å². The molecule has 0 aromatic heterocycles. The van der Waals surface area contributed by atoms with Crippen molar-refractivity contribution in [1.82, 2.24) is 4.72 Å². The molecule has 0 fully saturated rings. The van der Waals surface area contributed by atoms with Crippen molar-refractivity contribution in [3.8, 4) is 5.75 Å². The molecule has 0 saturated carbocycles. The Labute approximate surface area is 163 Å². The molecule has 0 heterocycles. The van der Waals surface area contributed by atoms with Gasteiger partial charge in [0.2, 0.25) is 10.0 Å². The molecule has 0 aliphatic rings. The van der Waals surface area contributed by atoms with E-state index in [1.54, 1.807) is 38.1 Å². The number of benzene rings is 2. The number of nitrogens with one attached hydrogen (secondary N) is 2. The highest BCUT2D eigenvalue weighted by Gasteiger charge is 2.18. The van der Waals surface area contributed by atoms with Crippen LogP contribution >= 0.6 is 11.6 Å². The van der Waals surface area contributed by atoms with E-state index in [9.17, 15) is 13.2 Å².